The number of terminal acetylenes is 1. The number of carbonyl (C=O) groups is 2. The summed E-state index contributed by atoms with van der Waals surface area (Å²) in [4.78, 5) is 31.2. The zero-order valence-corrected chi connectivity index (χ0v) is 19.1. The molecule has 0 atom stereocenters. The number of aliphatic imine (C=N–C) groups is 1. The molecule has 2 amide bonds. The SMILES string of the molecule is C#C.N#CNC(N)=NCc1ccc(Cl)cc1.O=C(CN1CCCCCC1=O)N1CCCC1. The van der Waals surface area contributed by atoms with Crippen molar-refractivity contribution < 1.29 is 9.59 Å². The average molecular weight is 459 g/mol. The molecule has 3 N–H and O–H groups in total. The Balaban J connectivity index is 0.000000300. The van der Waals surface area contributed by atoms with Gasteiger partial charge in [-0.1, -0.05) is 30.2 Å². The van der Waals surface area contributed by atoms with Crippen LogP contribution in [0.1, 0.15) is 44.1 Å². The van der Waals surface area contributed by atoms with Gasteiger partial charge in [-0.2, -0.15) is 5.26 Å². The smallest absolute Gasteiger partial charge is 0.242 e. The molecule has 8 nitrogen and oxygen atoms in total. The minimum Gasteiger partial charge on any atom is -0.369 e. The van der Waals surface area contributed by atoms with Crippen molar-refractivity contribution in [2.45, 2.75) is 45.1 Å². The van der Waals surface area contributed by atoms with E-state index in [1.165, 1.54) is 0 Å². The van der Waals surface area contributed by atoms with Gasteiger partial charge in [-0.3, -0.25) is 14.9 Å². The van der Waals surface area contributed by atoms with Gasteiger partial charge in [0.2, 0.25) is 17.8 Å². The Morgan fingerprint density at radius 1 is 1.12 bits per heavy atom. The van der Waals surface area contributed by atoms with Crippen LogP contribution in [0.15, 0.2) is 29.3 Å². The lowest BCUT2D eigenvalue weighted by atomic mass is 10.2. The first kappa shape index (κ1) is 26.8. The van der Waals surface area contributed by atoms with Crippen molar-refractivity contribution in [1.82, 2.24) is 15.1 Å². The van der Waals surface area contributed by atoms with Gasteiger partial charge < -0.3 is 15.5 Å². The summed E-state index contributed by atoms with van der Waals surface area (Å²) in [6, 6.07) is 7.26. The van der Waals surface area contributed by atoms with E-state index in [9.17, 15) is 9.59 Å². The fourth-order valence-electron chi connectivity index (χ4n) is 3.30. The van der Waals surface area contributed by atoms with Crippen molar-refractivity contribution in [3.05, 3.63) is 34.9 Å². The maximum absolute atomic E-state index is 11.9. The van der Waals surface area contributed by atoms with E-state index in [2.05, 4.69) is 23.2 Å². The first-order valence-corrected chi connectivity index (χ1v) is 11.0. The molecule has 0 saturated carbocycles. The molecule has 0 radical (unpaired) electrons. The Bertz CT molecular complexity index is 810. The third-order valence-corrected chi connectivity index (χ3v) is 5.24. The first-order valence-electron chi connectivity index (χ1n) is 10.6. The van der Waals surface area contributed by atoms with Gasteiger partial charge in [0.25, 0.3) is 0 Å². The van der Waals surface area contributed by atoms with Crippen molar-refractivity contribution in [1.29, 1.82) is 5.26 Å². The van der Waals surface area contributed by atoms with Crippen molar-refractivity contribution in [2.24, 2.45) is 10.7 Å². The molecule has 172 valence electrons. The van der Waals surface area contributed by atoms with Crippen LogP contribution >= 0.6 is 11.6 Å². The molecular formula is C23H31ClN6O2. The highest BCUT2D eigenvalue weighted by Gasteiger charge is 2.23. The summed E-state index contributed by atoms with van der Waals surface area (Å²) in [6.07, 6.45) is 15.7. The summed E-state index contributed by atoms with van der Waals surface area (Å²) in [5.74, 6) is 0.403. The lowest BCUT2D eigenvalue weighted by Crippen LogP contribution is -2.41. The molecule has 2 saturated heterocycles. The Labute approximate surface area is 195 Å². The van der Waals surface area contributed by atoms with Gasteiger partial charge in [0.15, 0.2) is 6.19 Å². The lowest BCUT2D eigenvalue weighted by Gasteiger charge is -2.23. The van der Waals surface area contributed by atoms with Crippen LogP contribution in [0.4, 0.5) is 0 Å². The second-order valence-electron chi connectivity index (χ2n) is 7.28. The molecule has 0 spiro atoms. The number of guanidine groups is 1. The largest absolute Gasteiger partial charge is 0.369 e. The molecule has 32 heavy (non-hydrogen) atoms. The van der Waals surface area contributed by atoms with E-state index in [0.29, 0.717) is 24.5 Å². The number of rotatable bonds is 4. The van der Waals surface area contributed by atoms with Crippen molar-refractivity contribution >= 4 is 29.4 Å². The molecule has 2 fully saturated rings. The van der Waals surface area contributed by atoms with Gasteiger partial charge in [0, 0.05) is 31.1 Å². The van der Waals surface area contributed by atoms with Gasteiger partial charge in [-0.15, -0.1) is 12.8 Å². The highest BCUT2D eigenvalue weighted by molar-refractivity contribution is 6.30. The molecule has 0 unspecified atom stereocenters. The predicted molar refractivity (Wildman–Crippen MR) is 126 cm³/mol. The van der Waals surface area contributed by atoms with Crippen LogP contribution in [0.3, 0.4) is 0 Å². The number of carbonyl (C=O) groups excluding carboxylic acids is 2. The van der Waals surface area contributed by atoms with E-state index in [0.717, 1.165) is 57.3 Å². The zero-order chi connectivity index (χ0) is 23.8. The molecule has 2 aliphatic heterocycles. The molecule has 1 aromatic rings. The van der Waals surface area contributed by atoms with Crippen LogP contribution in [0.2, 0.25) is 5.02 Å². The maximum atomic E-state index is 11.9. The summed E-state index contributed by atoms with van der Waals surface area (Å²) < 4.78 is 0. The number of halogens is 1. The number of nitrogens with one attached hydrogen (secondary N) is 1. The third kappa shape index (κ3) is 10.2. The molecule has 0 aromatic heterocycles. The summed E-state index contributed by atoms with van der Waals surface area (Å²) in [6.45, 7) is 3.25. The average Bonchev–Trinajstić information content (AvgIpc) is 3.27. The van der Waals surface area contributed by atoms with E-state index in [-0.39, 0.29) is 17.8 Å². The van der Waals surface area contributed by atoms with Crippen molar-refractivity contribution in [3.8, 4) is 19.0 Å². The van der Waals surface area contributed by atoms with Crippen molar-refractivity contribution in [3.63, 3.8) is 0 Å². The first-order chi connectivity index (χ1) is 15.5. The van der Waals surface area contributed by atoms with E-state index in [1.807, 2.05) is 17.0 Å². The molecular weight excluding hydrogens is 428 g/mol. The molecule has 1 aromatic carbocycles. The molecule has 9 heteroatoms. The van der Waals surface area contributed by atoms with Crippen LogP contribution in [-0.4, -0.2) is 53.8 Å². The molecule has 3 rings (SSSR count). The molecule has 0 aliphatic carbocycles. The van der Waals surface area contributed by atoms with Crippen LogP contribution in [0.25, 0.3) is 0 Å². The van der Waals surface area contributed by atoms with E-state index in [4.69, 9.17) is 22.6 Å². The lowest BCUT2D eigenvalue weighted by molar-refractivity contribution is -0.139. The Morgan fingerprint density at radius 2 is 1.75 bits per heavy atom. The van der Waals surface area contributed by atoms with Gasteiger partial charge in [-0.25, -0.2) is 4.99 Å². The molecule has 2 aliphatic rings. The number of benzene rings is 1. The maximum Gasteiger partial charge on any atom is 0.242 e. The van der Waals surface area contributed by atoms with E-state index in [1.54, 1.807) is 23.2 Å². The minimum absolute atomic E-state index is 0.113. The van der Waals surface area contributed by atoms with Gasteiger partial charge in [0.1, 0.15) is 0 Å². The molecule has 0 bridgehead atoms. The van der Waals surface area contributed by atoms with E-state index >= 15 is 0 Å². The standard InChI is InChI=1S/C12H20N2O2.C9H9ClN4.C2H2/c15-11-6-2-1-3-9-14(11)10-12(16)13-7-4-5-8-13;10-8-3-1-7(2-4-8)5-13-9(12)14-6-11;1-2/h1-10H2;1-4H,5H2,(H3,12,13,14);1-2H. The number of amides is 2. The Kier molecular flexibility index (Phi) is 13.0. The summed E-state index contributed by atoms with van der Waals surface area (Å²) in [7, 11) is 0. The highest BCUT2D eigenvalue weighted by atomic mass is 35.5. The number of hydrogen-bond donors (Lipinski definition) is 2. The van der Waals surface area contributed by atoms with Gasteiger partial charge in [0.05, 0.1) is 13.1 Å². The second-order valence-corrected chi connectivity index (χ2v) is 7.72. The normalized spacial score (nSPS) is 15.9. The Morgan fingerprint density at radius 3 is 2.38 bits per heavy atom. The number of nitrogens with zero attached hydrogens (tertiary/aromatic N) is 4. The zero-order valence-electron chi connectivity index (χ0n) is 18.3. The Hall–Kier alpha value is -3.23. The fourth-order valence-corrected chi connectivity index (χ4v) is 3.42. The third-order valence-electron chi connectivity index (χ3n) is 4.99. The number of hydrogen-bond acceptors (Lipinski definition) is 4. The van der Waals surface area contributed by atoms with Crippen LogP contribution in [0.5, 0.6) is 0 Å². The van der Waals surface area contributed by atoms with Crippen LogP contribution in [-0.2, 0) is 16.1 Å². The van der Waals surface area contributed by atoms with Crippen molar-refractivity contribution in [2.75, 3.05) is 26.2 Å². The number of nitriles is 1. The summed E-state index contributed by atoms with van der Waals surface area (Å²) in [5, 5.41) is 11.1. The molecule has 2 heterocycles. The monoisotopic (exact) mass is 458 g/mol. The quantitative estimate of drug-likeness (QED) is 0.236. The highest BCUT2D eigenvalue weighted by Crippen LogP contribution is 2.13. The van der Waals surface area contributed by atoms with Gasteiger partial charge >= 0.3 is 0 Å². The van der Waals surface area contributed by atoms with Crippen LogP contribution in [0, 0.1) is 24.3 Å². The van der Waals surface area contributed by atoms with Crippen LogP contribution < -0.4 is 11.1 Å². The topological polar surface area (TPSA) is 115 Å². The summed E-state index contributed by atoms with van der Waals surface area (Å²) in [5.41, 5.74) is 6.34. The fraction of sp³-hybridized carbons (Fsp3) is 0.478. The minimum atomic E-state index is 0.113. The summed E-state index contributed by atoms with van der Waals surface area (Å²) >= 11 is 5.71. The second kappa shape index (κ2) is 15.6. The number of likely N-dealkylation sites (tertiary alicyclic amines) is 2. The number of nitrogens with two attached hydrogens (primary N) is 1. The van der Waals surface area contributed by atoms with E-state index < -0.39 is 0 Å². The van der Waals surface area contributed by atoms with Gasteiger partial charge in [-0.05, 0) is 43.4 Å². The predicted octanol–water partition coefficient (Wildman–Crippen LogP) is 2.49.